The van der Waals surface area contributed by atoms with Gasteiger partial charge >= 0.3 is 0 Å². The average Bonchev–Trinajstić information content (AvgIpc) is 3.14. The highest BCUT2D eigenvalue weighted by Gasteiger charge is 2.25. The largest absolute Gasteiger partial charge is 0.391 e. The van der Waals surface area contributed by atoms with Gasteiger partial charge in [-0.25, -0.2) is 9.37 Å². The number of carbonyl (C=O) groups excluding carboxylic acids is 1. The molecule has 1 aromatic heterocycles. The van der Waals surface area contributed by atoms with Gasteiger partial charge in [0.25, 0.3) is 5.91 Å². The number of aromatic nitrogens is 1. The predicted molar refractivity (Wildman–Crippen MR) is 96.7 cm³/mol. The monoisotopic (exact) mass is 393 g/mol. The van der Waals surface area contributed by atoms with Gasteiger partial charge in [-0.05, 0) is 12.1 Å². The van der Waals surface area contributed by atoms with Crippen LogP contribution in [0.2, 0.25) is 0 Å². The van der Waals surface area contributed by atoms with Crippen LogP contribution in [0.1, 0.15) is 10.5 Å². The molecule has 24 heavy (non-hydrogen) atoms. The Morgan fingerprint density at radius 2 is 2.12 bits per heavy atom. The molecule has 1 aromatic carbocycles. The van der Waals surface area contributed by atoms with Crippen molar-refractivity contribution in [2.75, 3.05) is 19.6 Å². The number of aliphatic hydroxyl groups is 1. The van der Waals surface area contributed by atoms with Gasteiger partial charge in [0.2, 0.25) is 0 Å². The zero-order valence-corrected chi connectivity index (χ0v) is 15.0. The highest BCUT2D eigenvalue weighted by Crippen LogP contribution is 2.26. The minimum atomic E-state index is -0.440. The molecular weight excluding hydrogens is 376 g/mol. The van der Waals surface area contributed by atoms with E-state index >= 15 is 0 Å². The van der Waals surface area contributed by atoms with Crippen molar-refractivity contribution in [3.63, 3.8) is 0 Å². The van der Waals surface area contributed by atoms with Crippen molar-refractivity contribution in [3.8, 4) is 10.6 Å². The molecule has 5 nitrogen and oxygen atoms in total. The van der Waals surface area contributed by atoms with Crippen LogP contribution in [0.15, 0.2) is 29.6 Å². The molecule has 1 amide bonds. The molecule has 2 atom stereocenters. The van der Waals surface area contributed by atoms with Crippen LogP contribution in [0.4, 0.5) is 4.39 Å². The summed E-state index contributed by atoms with van der Waals surface area (Å²) >= 11 is 1.23. The number of amides is 1. The molecule has 2 aromatic rings. The van der Waals surface area contributed by atoms with Crippen molar-refractivity contribution in [1.82, 2.24) is 15.6 Å². The molecule has 9 heteroatoms. The minimum Gasteiger partial charge on any atom is -0.391 e. The summed E-state index contributed by atoms with van der Waals surface area (Å²) in [4.78, 5) is 16.3. The van der Waals surface area contributed by atoms with E-state index in [1.807, 2.05) is 0 Å². The molecule has 0 saturated carbocycles. The van der Waals surface area contributed by atoms with E-state index in [0.29, 0.717) is 30.2 Å². The number of nitrogens with zero attached hydrogens (tertiary/aromatic N) is 1. The smallest absolute Gasteiger partial charge is 0.270 e. The molecule has 2 heterocycles. The van der Waals surface area contributed by atoms with Crippen LogP contribution in [-0.4, -0.2) is 41.7 Å². The van der Waals surface area contributed by atoms with Crippen LogP contribution < -0.4 is 10.6 Å². The highest BCUT2D eigenvalue weighted by atomic mass is 35.5. The van der Waals surface area contributed by atoms with Crippen LogP contribution in [0, 0.1) is 11.7 Å². The molecule has 1 fully saturated rings. The van der Waals surface area contributed by atoms with Crippen LogP contribution in [0.3, 0.4) is 0 Å². The number of β-amino-alcohol motifs (C(OH)–C–C–N with tert-alkyl or cyclic N) is 1. The molecule has 132 valence electrons. The number of hydrogen-bond acceptors (Lipinski definition) is 5. The van der Waals surface area contributed by atoms with E-state index in [4.69, 9.17) is 0 Å². The molecule has 2 unspecified atom stereocenters. The van der Waals surface area contributed by atoms with Crippen molar-refractivity contribution in [2.24, 2.45) is 5.92 Å². The van der Waals surface area contributed by atoms with Crippen LogP contribution >= 0.6 is 36.2 Å². The van der Waals surface area contributed by atoms with Crippen LogP contribution in [0.25, 0.3) is 10.6 Å². The first-order valence-electron chi connectivity index (χ1n) is 7.02. The number of carbonyl (C=O) groups is 1. The third-order valence-electron chi connectivity index (χ3n) is 3.67. The van der Waals surface area contributed by atoms with Gasteiger partial charge in [-0.2, -0.15) is 0 Å². The fourth-order valence-electron chi connectivity index (χ4n) is 2.38. The summed E-state index contributed by atoms with van der Waals surface area (Å²) in [6.07, 6.45) is -0.440. The molecule has 3 rings (SSSR count). The van der Waals surface area contributed by atoms with E-state index < -0.39 is 6.10 Å². The Labute approximate surface area is 155 Å². The summed E-state index contributed by atoms with van der Waals surface area (Å²) in [5.41, 5.74) is 0.658. The highest BCUT2D eigenvalue weighted by molar-refractivity contribution is 7.13. The standard InChI is InChI=1S/C15H16FN3O2S.2ClH/c16-11-4-2-1-3-10(11)15-19-12(8-22-15)14(21)18-6-9-5-17-7-13(9)20;;/h1-4,8-9,13,17,20H,5-7H2,(H,18,21);2*1H. The number of halogens is 3. The van der Waals surface area contributed by atoms with E-state index in [2.05, 4.69) is 15.6 Å². The van der Waals surface area contributed by atoms with Gasteiger partial charge in [0.1, 0.15) is 16.5 Å². The lowest BCUT2D eigenvalue weighted by atomic mass is 10.1. The van der Waals surface area contributed by atoms with Gasteiger partial charge < -0.3 is 15.7 Å². The quantitative estimate of drug-likeness (QED) is 0.743. The Morgan fingerprint density at radius 1 is 1.38 bits per heavy atom. The van der Waals surface area contributed by atoms with E-state index in [-0.39, 0.29) is 48.2 Å². The summed E-state index contributed by atoms with van der Waals surface area (Å²) in [5, 5.41) is 17.6. The minimum absolute atomic E-state index is 0. The first-order valence-corrected chi connectivity index (χ1v) is 7.90. The van der Waals surface area contributed by atoms with Gasteiger partial charge in [0.05, 0.1) is 6.10 Å². The number of nitrogens with one attached hydrogen (secondary N) is 2. The third-order valence-corrected chi connectivity index (χ3v) is 4.55. The van der Waals surface area contributed by atoms with Crippen LogP contribution in [0.5, 0.6) is 0 Å². The Bertz CT molecular complexity index is 686. The zero-order valence-electron chi connectivity index (χ0n) is 12.6. The van der Waals surface area contributed by atoms with Crippen molar-refractivity contribution in [1.29, 1.82) is 0 Å². The maximum atomic E-state index is 13.7. The van der Waals surface area contributed by atoms with Crippen LogP contribution in [-0.2, 0) is 0 Å². The number of hydrogen-bond donors (Lipinski definition) is 3. The summed E-state index contributed by atoms with van der Waals surface area (Å²) < 4.78 is 13.7. The van der Waals surface area contributed by atoms with E-state index in [0.717, 1.165) is 0 Å². The van der Waals surface area contributed by atoms with Gasteiger partial charge in [0, 0.05) is 36.5 Å². The lowest BCUT2D eigenvalue weighted by Gasteiger charge is -2.13. The Balaban J connectivity index is 0.00000144. The molecule has 3 N–H and O–H groups in total. The van der Waals surface area contributed by atoms with Gasteiger partial charge in [-0.3, -0.25) is 4.79 Å². The first kappa shape index (κ1) is 20.8. The Kier molecular flexibility index (Phi) is 8.05. The maximum absolute atomic E-state index is 13.7. The van der Waals surface area contributed by atoms with Crippen molar-refractivity contribution in [2.45, 2.75) is 6.10 Å². The summed E-state index contributed by atoms with van der Waals surface area (Å²) in [6, 6.07) is 6.34. The van der Waals surface area contributed by atoms with E-state index in [1.54, 1.807) is 23.6 Å². The normalized spacial score (nSPS) is 19.2. The molecule has 0 radical (unpaired) electrons. The molecule has 0 spiro atoms. The lowest BCUT2D eigenvalue weighted by molar-refractivity contribution is 0.0923. The molecule has 1 saturated heterocycles. The topological polar surface area (TPSA) is 74.2 Å². The number of benzene rings is 1. The zero-order chi connectivity index (χ0) is 15.5. The SMILES string of the molecule is Cl.Cl.O=C(NCC1CNCC1O)c1csc(-c2ccccc2F)n1. The first-order chi connectivity index (χ1) is 10.6. The molecular formula is C15H18Cl2FN3O2S. The molecule has 0 aliphatic carbocycles. The Hall–Kier alpha value is -1.25. The second-order valence-corrected chi connectivity index (χ2v) is 6.07. The van der Waals surface area contributed by atoms with E-state index in [9.17, 15) is 14.3 Å². The summed E-state index contributed by atoms with van der Waals surface area (Å²) in [6.45, 7) is 1.62. The van der Waals surface area contributed by atoms with Gasteiger partial charge in [-0.1, -0.05) is 12.1 Å². The second-order valence-electron chi connectivity index (χ2n) is 5.21. The van der Waals surface area contributed by atoms with Crippen molar-refractivity contribution in [3.05, 3.63) is 41.2 Å². The van der Waals surface area contributed by atoms with Gasteiger partial charge in [0.15, 0.2) is 0 Å². The summed E-state index contributed by atoms with van der Waals surface area (Å²) in [7, 11) is 0. The second kappa shape index (κ2) is 9.29. The van der Waals surface area contributed by atoms with E-state index in [1.165, 1.54) is 17.4 Å². The third kappa shape index (κ3) is 4.64. The molecule has 1 aliphatic heterocycles. The van der Waals surface area contributed by atoms with Crippen molar-refractivity contribution < 1.29 is 14.3 Å². The lowest BCUT2D eigenvalue weighted by Crippen LogP contribution is -2.34. The number of aliphatic hydroxyl groups excluding tert-OH is 1. The predicted octanol–water partition coefficient (Wildman–Crippen LogP) is 2.10. The Morgan fingerprint density at radius 3 is 2.79 bits per heavy atom. The summed E-state index contributed by atoms with van der Waals surface area (Å²) in [5.74, 6) is -0.657. The number of rotatable bonds is 4. The van der Waals surface area contributed by atoms with Gasteiger partial charge in [-0.15, -0.1) is 36.2 Å². The average molecular weight is 394 g/mol. The molecule has 0 bridgehead atoms. The maximum Gasteiger partial charge on any atom is 0.270 e. The number of thiazole rings is 1. The fraction of sp³-hybridized carbons (Fsp3) is 0.333. The van der Waals surface area contributed by atoms with Crippen molar-refractivity contribution >= 4 is 42.1 Å². The fourth-order valence-corrected chi connectivity index (χ4v) is 3.20. The molecule has 1 aliphatic rings.